The van der Waals surface area contributed by atoms with Crippen molar-refractivity contribution in [1.82, 2.24) is 0 Å². The van der Waals surface area contributed by atoms with Crippen LogP contribution in [-0.4, -0.2) is 26.2 Å². The van der Waals surface area contributed by atoms with Crippen molar-refractivity contribution >= 4 is 16.6 Å². The normalized spacial score (nSPS) is 12.9. The monoisotopic (exact) mass is 254 g/mol. The van der Waals surface area contributed by atoms with Crippen molar-refractivity contribution in [3.8, 4) is 0 Å². The standard InChI is InChI=1S/C12H22O2Si2/c1-15(2,13)9-11-5-7-12(8-6-11)10-16(3,4)14/h5-8,13-14H,9-10H2,1-4H3. The van der Waals surface area contributed by atoms with Crippen LogP contribution in [0.3, 0.4) is 0 Å². The topological polar surface area (TPSA) is 40.5 Å². The van der Waals surface area contributed by atoms with E-state index in [0.29, 0.717) is 0 Å². The lowest BCUT2D eigenvalue weighted by molar-refractivity contribution is 0.547. The molecule has 0 spiro atoms. The fourth-order valence-electron chi connectivity index (χ4n) is 1.77. The van der Waals surface area contributed by atoms with E-state index in [0.717, 1.165) is 12.1 Å². The van der Waals surface area contributed by atoms with Gasteiger partial charge in [0.15, 0.2) is 16.6 Å². The third kappa shape index (κ3) is 5.60. The lowest BCUT2D eigenvalue weighted by atomic mass is 10.2. The first-order chi connectivity index (χ1) is 7.16. The summed E-state index contributed by atoms with van der Waals surface area (Å²) in [5.41, 5.74) is 2.39. The Hall–Kier alpha value is -0.426. The summed E-state index contributed by atoms with van der Waals surface area (Å²) >= 11 is 0. The summed E-state index contributed by atoms with van der Waals surface area (Å²) in [6, 6.07) is 9.88. The van der Waals surface area contributed by atoms with Gasteiger partial charge < -0.3 is 9.59 Å². The molecule has 1 rings (SSSR count). The van der Waals surface area contributed by atoms with Gasteiger partial charge in [-0.3, -0.25) is 0 Å². The zero-order chi connectivity index (χ0) is 12.4. The maximum atomic E-state index is 9.83. The third-order valence-corrected chi connectivity index (χ3v) is 4.84. The van der Waals surface area contributed by atoms with Crippen LogP contribution in [0.15, 0.2) is 24.3 Å². The number of rotatable bonds is 4. The van der Waals surface area contributed by atoms with Crippen molar-refractivity contribution < 1.29 is 9.59 Å². The van der Waals surface area contributed by atoms with E-state index in [1.165, 1.54) is 11.1 Å². The summed E-state index contributed by atoms with van der Waals surface area (Å²) in [4.78, 5) is 19.7. The molecule has 0 unspecified atom stereocenters. The number of hydrogen-bond donors (Lipinski definition) is 2. The Kier molecular flexibility index (Phi) is 4.12. The van der Waals surface area contributed by atoms with E-state index in [4.69, 9.17) is 0 Å². The van der Waals surface area contributed by atoms with Crippen LogP contribution in [-0.2, 0) is 12.1 Å². The molecule has 0 bridgehead atoms. The fourth-order valence-corrected chi connectivity index (χ4v) is 4.24. The Bertz CT molecular complexity index is 299. The van der Waals surface area contributed by atoms with E-state index in [1.54, 1.807) is 0 Å². The van der Waals surface area contributed by atoms with Crippen LogP contribution in [0.1, 0.15) is 11.1 Å². The number of benzene rings is 1. The molecule has 1 aromatic carbocycles. The van der Waals surface area contributed by atoms with Gasteiger partial charge in [0.25, 0.3) is 0 Å². The van der Waals surface area contributed by atoms with Crippen LogP contribution >= 0.6 is 0 Å². The first kappa shape index (κ1) is 13.6. The smallest absolute Gasteiger partial charge is 0.186 e. The molecule has 16 heavy (non-hydrogen) atoms. The molecule has 4 heteroatoms. The Labute approximate surface area is 100 Å². The highest BCUT2D eigenvalue weighted by molar-refractivity contribution is 6.69. The van der Waals surface area contributed by atoms with Crippen LogP contribution < -0.4 is 0 Å². The predicted octanol–water partition coefficient (Wildman–Crippen LogP) is 2.24. The van der Waals surface area contributed by atoms with Crippen LogP contribution in [0.25, 0.3) is 0 Å². The highest BCUT2D eigenvalue weighted by Crippen LogP contribution is 2.13. The molecule has 0 fully saturated rings. The van der Waals surface area contributed by atoms with Crippen molar-refractivity contribution in [2.75, 3.05) is 0 Å². The van der Waals surface area contributed by atoms with Gasteiger partial charge >= 0.3 is 0 Å². The Balaban J connectivity index is 2.69. The van der Waals surface area contributed by atoms with Gasteiger partial charge in [0, 0.05) is 0 Å². The molecule has 0 radical (unpaired) electrons. The molecular formula is C12H22O2Si2. The second kappa shape index (κ2) is 4.83. The van der Waals surface area contributed by atoms with E-state index < -0.39 is 16.6 Å². The highest BCUT2D eigenvalue weighted by atomic mass is 28.4. The summed E-state index contributed by atoms with van der Waals surface area (Å²) in [5.74, 6) is 0. The zero-order valence-corrected chi connectivity index (χ0v) is 12.6. The van der Waals surface area contributed by atoms with Gasteiger partial charge in [-0.05, 0) is 49.4 Å². The van der Waals surface area contributed by atoms with Gasteiger partial charge in [-0.2, -0.15) is 0 Å². The highest BCUT2D eigenvalue weighted by Gasteiger charge is 2.19. The van der Waals surface area contributed by atoms with Crippen molar-refractivity contribution in [2.45, 2.75) is 38.3 Å². The molecule has 0 aliphatic rings. The minimum absolute atomic E-state index is 0.799. The molecule has 0 amide bonds. The maximum Gasteiger partial charge on any atom is 0.186 e. The average Bonchev–Trinajstić information content (AvgIpc) is 2.03. The summed E-state index contributed by atoms with van der Waals surface area (Å²) in [5, 5.41) is 0. The van der Waals surface area contributed by atoms with E-state index in [2.05, 4.69) is 24.3 Å². The second-order valence-corrected chi connectivity index (χ2v) is 13.8. The molecular weight excluding hydrogens is 232 g/mol. The predicted molar refractivity (Wildman–Crippen MR) is 73.3 cm³/mol. The fraction of sp³-hybridized carbons (Fsp3) is 0.500. The largest absolute Gasteiger partial charge is 0.432 e. The molecule has 0 atom stereocenters. The third-order valence-electron chi connectivity index (χ3n) is 2.30. The Morgan fingerprint density at radius 1 is 0.750 bits per heavy atom. The van der Waals surface area contributed by atoms with E-state index in [9.17, 15) is 9.59 Å². The van der Waals surface area contributed by atoms with Crippen molar-refractivity contribution in [3.63, 3.8) is 0 Å². The first-order valence-corrected chi connectivity index (χ1v) is 12.0. The van der Waals surface area contributed by atoms with E-state index in [1.807, 2.05) is 26.2 Å². The molecule has 2 N–H and O–H groups in total. The van der Waals surface area contributed by atoms with Crippen molar-refractivity contribution in [2.24, 2.45) is 0 Å². The maximum absolute atomic E-state index is 9.83. The van der Waals surface area contributed by atoms with Gasteiger partial charge in [0.1, 0.15) is 0 Å². The van der Waals surface area contributed by atoms with Crippen molar-refractivity contribution in [1.29, 1.82) is 0 Å². The molecule has 0 heterocycles. The van der Waals surface area contributed by atoms with Gasteiger partial charge in [-0.1, -0.05) is 24.3 Å². The zero-order valence-electron chi connectivity index (χ0n) is 10.6. The SMILES string of the molecule is C[Si](C)(O)Cc1ccc(C[Si](C)(C)O)cc1. The average molecular weight is 254 g/mol. The van der Waals surface area contributed by atoms with Crippen LogP contribution in [0.5, 0.6) is 0 Å². The molecule has 0 saturated heterocycles. The Morgan fingerprint density at radius 3 is 1.19 bits per heavy atom. The first-order valence-electron chi connectivity index (χ1n) is 5.68. The minimum Gasteiger partial charge on any atom is -0.432 e. The lowest BCUT2D eigenvalue weighted by Gasteiger charge is -2.16. The molecule has 2 nitrogen and oxygen atoms in total. The van der Waals surface area contributed by atoms with Gasteiger partial charge in [0.2, 0.25) is 0 Å². The summed E-state index contributed by atoms with van der Waals surface area (Å²) in [7, 11) is -4.01. The molecule has 0 aromatic heterocycles. The van der Waals surface area contributed by atoms with E-state index >= 15 is 0 Å². The molecule has 1 aromatic rings. The minimum atomic E-state index is -2.00. The van der Waals surface area contributed by atoms with Crippen LogP contribution in [0, 0.1) is 0 Å². The number of hydrogen-bond acceptors (Lipinski definition) is 2. The molecule has 0 aliphatic heterocycles. The van der Waals surface area contributed by atoms with Gasteiger partial charge in [-0.15, -0.1) is 0 Å². The summed E-state index contributed by atoms with van der Waals surface area (Å²) < 4.78 is 0. The Morgan fingerprint density at radius 2 is 1.00 bits per heavy atom. The summed E-state index contributed by atoms with van der Waals surface area (Å²) in [6.07, 6.45) is 0. The van der Waals surface area contributed by atoms with Crippen molar-refractivity contribution in [3.05, 3.63) is 35.4 Å². The molecule has 0 saturated carbocycles. The quantitative estimate of drug-likeness (QED) is 0.809. The molecule has 90 valence electrons. The van der Waals surface area contributed by atoms with Gasteiger partial charge in [-0.25, -0.2) is 0 Å². The van der Waals surface area contributed by atoms with Gasteiger partial charge in [0.05, 0.1) is 0 Å². The van der Waals surface area contributed by atoms with E-state index in [-0.39, 0.29) is 0 Å². The van der Waals surface area contributed by atoms with Crippen LogP contribution in [0.4, 0.5) is 0 Å². The summed E-state index contributed by atoms with van der Waals surface area (Å²) in [6.45, 7) is 7.80. The molecule has 0 aliphatic carbocycles. The second-order valence-electron chi connectivity index (χ2n) is 5.79. The van der Waals surface area contributed by atoms with Crippen LogP contribution in [0.2, 0.25) is 26.2 Å². The lowest BCUT2D eigenvalue weighted by Crippen LogP contribution is -2.29.